The minimum absolute atomic E-state index is 0.117. The number of aromatic nitrogens is 4. The summed E-state index contributed by atoms with van der Waals surface area (Å²) in [6, 6.07) is 5.46. The van der Waals surface area contributed by atoms with E-state index >= 15 is 0 Å². The van der Waals surface area contributed by atoms with Crippen LogP contribution in [-0.2, 0) is 17.6 Å². The third-order valence-electron chi connectivity index (χ3n) is 4.29. The maximum absolute atomic E-state index is 12.5. The maximum Gasteiger partial charge on any atom is 0.252 e. The van der Waals surface area contributed by atoms with E-state index < -0.39 is 0 Å². The van der Waals surface area contributed by atoms with Crippen LogP contribution in [0.15, 0.2) is 18.2 Å². The van der Waals surface area contributed by atoms with Gasteiger partial charge in [-0.3, -0.25) is 4.79 Å². The lowest BCUT2D eigenvalue weighted by Gasteiger charge is -2.12. The molecule has 1 amide bonds. The lowest BCUT2D eigenvalue weighted by Crippen LogP contribution is -2.18. The van der Waals surface area contributed by atoms with Crippen LogP contribution in [0.2, 0.25) is 5.02 Å². The summed E-state index contributed by atoms with van der Waals surface area (Å²) in [5.74, 6) is 1.20. The number of amides is 1. The Morgan fingerprint density at radius 3 is 2.72 bits per heavy atom. The third-order valence-corrected chi connectivity index (χ3v) is 4.70. The molecule has 0 radical (unpaired) electrons. The first-order chi connectivity index (χ1) is 11.9. The molecule has 3 rings (SSSR count). The summed E-state index contributed by atoms with van der Waals surface area (Å²) < 4.78 is 1.71. The van der Waals surface area contributed by atoms with Gasteiger partial charge in [-0.05, 0) is 38.5 Å². The minimum atomic E-state index is -0.117. The van der Waals surface area contributed by atoms with Gasteiger partial charge in [0.1, 0.15) is 0 Å². The highest BCUT2D eigenvalue weighted by Crippen LogP contribution is 2.23. The van der Waals surface area contributed by atoms with Gasteiger partial charge >= 0.3 is 0 Å². The molecule has 0 unspecified atom stereocenters. The lowest BCUT2D eigenvalue weighted by molar-refractivity contribution is -0.115. The van der Waals surface area contributed by atoms with Crippen molar-refractivity contribution in [3.05, 3.63) is 51.6 Å². The first-order valence-electron chi connectivity index (χ1n) is 8.17. The van der Waals surface area contributed by atoms with Gasteiger partial charge in [0.25, 0.3) is 5.78 Å². The van der Waals surface area contributed by atoms with Gasteiger partial charge in [-0.2, -0.15) is 4.98 Å². The van der Waals surface area contributed by atoms with E-state index in [1.165, 1.54) is 0 Å². The normalized spacial score (nSPS) is 11.1. The van der Waals surface area contributed by atoms with Gasteiger partial charge in [0.05, 0.1) is 6.42 Å². The Morgan fingerprint density at radius 1 is 1.24 bits per heavy atom. The molecular formula is C18H20ClN5O. The lowest BCUT2D eigenvalue weighted by atomic mass is 10.1. The number of hydrogen-bond donors (Lipinski definition) is 1. The summed E-state index contributed by atoms with van der Waals surface area (Å²) in [7, 11) is 0. The fraction of sp³-hybridized carbons (Fsp3) is 0.333. The molecule has 0 fully saturated rings. The standard InChI is InChI=1S/C18H20ClN5O/c1-5-16-22-18-20-11(3)13(12(4)24(18)23-16)9-17(25)21-15-8-6-7-14(19)10(15)2/h6-8H,5,9H2,1-4H3,(H,21,25). The van der Waals surface area contributed by atoms with Crippen molar-refractivity contribution < 1.29 is 4.79 Å². The minimum Gasteiger partial charge on any atom is -0.326 e. The highest BCUT2D eigenvalue weighted by Gasteiger charge is 2.16. The molecule has 3 aromatic rings. The second-order valence-electron chi connectivity index (χ2n) is 5.99. The Balaban J connectivity index is 1.89. The first kappa shape index (κ1) is 17.4. The van der Waals surface area contributed by atoms with Gasteiger partial charge in [0, 0.05) is 34.1 Å². The van der Waals surface area contributed by atoms with E-state index in [0.29, 0.717) is 10.8 Å². The summed E-state index contributed by atoms with van der Waals surface area (Å²) >= 11 is 6.11. The van der Waals surface area contributed by atoms with Crippen molar-refractivity contribution >= 4 is 29.0 Å². The van der Waals surface area contributed by atoms with Crippen molar-refractivity contribution in [2.45, 2.75) is 40.5 Å². The van der Waals surface area contributed by atoms with Crippen LogP contribution in [0, 0.1) is 20.8 Å². The molecule has 1 aromatic carbocycles. The van der Waals surface area contributed by atoms with Gasteiger partial charge in [0.2, 0.25) is 5.91 Å². The van der Waals surface area contributed by atoms with E-state index in [9.17, 15) is 4.79 Å². The quantitative estimate of drug-likeness (QED) is 0.776. The van der Waals surface area contributed by atoms with Crippen molar-refractivity contribution in [1.82, 2.24) is 19.6 Å². The summed E-state index contributed by atoms with van der Waals surface area (Å²) in [5, 5.41) is 7.99. The summed E-state index contributed by atoms with van der Waals surface area (Å²) in [6.45, 7) is 7.70. The Morgan fingerprint density at radius 2 is 2.00 bits per heavy atom. The zero-order valence-corrected chi connectivity index (χ0v) is 15.5. The van der Waals surface area contributed by atoms with Gasteiger partial charge in [0.15, 0.2) is 5.82 Å². The topological polar surface area (TPSA) is 72.2 Å². The average Bonchev–Trinajstić information content (AvgIpc) is 2.99. The van der Waals surface area contributed by atoms with Crippen molar-refractivity contribution in [2.75, 3.05) is 5.32 Å². The van der Waals surface area contributed by atoms with E-state index in [2.05, 4.69) is 20.4 Å². The Bertz CT molecular complexity index is 964. The molecule has 2 heterocycles. The van der Waals surface area contributed by atoms with E-state index in [0.717, 1.165) is 40.4 Å². The van der Waals surface area contributed by atoms with Crippen LogP contribution < -0.4 is 5.32 Å². The van der Waals surface area contributed by atoms with Crippen LogP contribution in [0.4, 0.5) is 5.69 Å². The van der Waals surface area contributed by atoms with Crippen LogP contribution in [0.5, 0.6) is 0 Å². The fourth-order valence-electron chi connectivity index (χ4n) is 2.75. The average molecular weight is 358 g/mol. The van der Waals surface area contributed by atoms with Gasteiger partial charge < -0.3 is 5.32 Å². The SMILES string of the molecule is CCc1nc2nc(C)c(CC(=O)Nc3cccc(Cl)c3C)c(C)n2n1. The maximum atomic E-state index is 12.5. The molecule has 2 aromatic heterocycles. The Kier molecular flexibility index (Phi) is 4.72. The largest absolute Gasteiger partial charge is 0.326 e. The summed E-state index contributed by atoms with van der Waals surface area (Å²) in [4.78, 5) is 21.4. The molecule has 25 heavy (non-hydrogen) atoms. The number of carbonyl (C=O) groups is 1. The molecule has 0 aliphatic heterocycles. The molecule has 6 nitrogen and oxygen atoms in total. The van der Waals surface area contributed by atoms with Gasteiger partial charge in [-0.1, -0.05) is 24.6 Å². The van der Waals surface area contributed by atoms with E-state index in [1.54, 1.807) is 10.6 Å². The molecule has 0 saturated carbocycles. The van der Waals surface area contributed by atoms with Gasteiger partial charge in [-0.25, -0.2) is 9.50 Å². The zero-order valence-electron chi connectivity index (χ0n) is 14.7. The molecule has 0 saturated heterocycles. The molecule has 0 atom stereocenters. The second kappa shape index (κ2) is 6.80. The molecule has 1 N–H and O–H groups in total. The Labute approximate surface area is 151 Å². The van der Waals surface area contributed by atoms with E-state index in [-0.39, 0.29) is 12.3 Å². The smallest absolute Gasteiger partial charge is 0.252 e. The number of rotatable bonds is 4. The number of halogens is 1. The fourth-order valence-corrected chi connectivity index (χ4v) is 2.93. The predicted molar refractivity (Wildman–Crippen MR) is 98.2 cm³/mol. The molecule has 130 valence electrons. The van der Waals surface area contributed by atoms with Crippen molar-refractivity contribution in [2.24, 2.45) is 0 Å². The highest BCUT2D eigenvalue weighted by atomic mass is 35.5. The molecule has 7 heteroatoms. The number of carbonyl (C=O) groups excluding carboxylic acids is 1. The van der Waals surface area contributed by atoms with Crippen molar-refractivity contribution in [1.29, 1.82) is 0 Å². The number of aryl methyl sites for hydroxylation is 3. The number of benzene rings is 1. The van der Waals surface area contributed by atoms with Crippen LogP contribution in [0.3, 0.4) is 0 Å². The van der Waals surface area contributed by atoms with Gasteiger partial charge in [-0.15, -0.1) is 5.10 Å². The second-order valence-corrected chi connectivity index (χ2v) is 6.40. The first-order valence-corrected chi connectivity index (χ1v) is 8.55. The van der Waals surface area contributed by atoms with Crippen LogP contribution >= 0.6 is 11.6 Å². The molecule has 0 spiro atoms. The van der Waals surface area contributed by atoms with Crippen LogP contribution in [0.1, 0.15) is 35.3 Å². The molecular weight excluding hydrogens is 338 g/mol. The third kappa shape index (κ3) is 3.35. The van der Waals surface area contributed by atoms with Crippen LogP contribution in [0.25, 0.3) is 5.78 Å². The number of fused-ring (bicyclic) bond motifs is 1. The van der Waals surface area contributed by atoms with Crippen molar-refractivity contribution in [3.8, 4) is 0 Å². The molecule has 0 aliphatic rings. The predicted octanol–water partition coefficient (Wildman–Crippen LogP) is 3.45. The summed E-state index contributed by atoms with van der Waals surface area (Å²) in [5.41, 5.74) is 4.10. The number of anilines is 1. The van der Waals surface area contributed by atoms with Crippen molar-refractivity contribution in [3.63, 3.8) is 0 Å². The highest BCUT2D eigenvalue weighted by molar-refractivity contribution is 6.31. The Hall–Kier alpha value is -2.47. The van der Waals surface area contributed by atoms with E-state index in [1.807, 2.05) is 39.8 Å². The molecule has 0 aliphatic carbocycles. The monoisotopic (exact) mass is 357 g/mol. The summed E-state index contributed by atoms with van der Waals surface area (Å²) in [6.07, 6.45) is 0.958. The number of hydrogen-bond acceptors (Lipinski definition) is 4. The molecule has 0 bridgehead atoms. The van der Waals surface area contributed by atoms with E-state index in [4.69, 9.17) is 11.6 Å². The number of nitrogens with zero attached hydrogens (tertiary/aromatic N) is 4. The zero-order chi connectivity index (χ0) is 18.1. The number of nitrogens with one attached hydrogen (secondary N) is 1. The van der Waals surface area contributed by atoms with Crippen LogP contribution in [-0.4, -0.2) is 25.5 Å².